The van der Waals surface area contributed by atoms with E-state index in [1.54, 1.807) is 0 Å². The van der Waals surface area contributed by atoms with E-state index in [-0.39, 0.29) is 0 Å². The summed E-state index contributed by atoms with van der Waals surface area (Å²) in [4.78, 5) is 13.4. The number of carbonyl (C=O) groups is 1. The zero-order valence-corrected chi connectivity index (χ0v) is 8.83. The maximum atomic E-state index is 11.2. The van der Waals surface area contributed by atoms with E-state index in [1.807, 2.05) is 0 Å². The lowest BCUT2D eigenvalue weighted by Crippen LogP contribution is -2.61. The van der Waals surface area contributed by atoms with Crippen LogP contribution < -0.4 is 0 Å². The molecule has 2 fully saturated rings. The molecule has 1 heterocycles. The van der Waals surface area contributed by atoms with Crippen molar-refractivity contribution in [2.45, 2.75) is 44.6 Å². The molecule has 2 rings (SSSR count). The fourth-order valence-corrected chi connectivity index (χ4v) is 2.61. The fourth-order valence-electron chi connectivity index (χ4n) is 2.61. The average Bonchev–Trinajstić information content (AvgIpc) is 2.05. The number of hydrogen-bond acceptors (Lipinski definition) is 2. The minimum Gasteiger partial charge on any atom is -0.480 e. The second-order valence-corrected chi connectivity index (χ2v) is 4.86. The van der Waals surface area contributed by atoms with Crippen LogP contribution in [0.4, 0.5) is 0 Å². The van der Waals surface area contributed by atoms with Crippen LogP contribution in [0.25, 0.3) is 0 Å². The molecule has 1 N–H and O–H groups in total. The largest absolute Gasteiger partial charge is 0.480 e. The molecule has 0 amide bonds. The second-order valence-electron chi connectivity index (χ2n) is 4.86. The van der Waals surface area contributed by atoms with E-state index in [0.717, 1.165) is 51.1 Å². The summed E-state index contributed by atoms with van der Waals surface area (Å²) in [6.45, 7) is 4.21. The minimum absolute atomic E-state index is 0.472. The van der Waals surface area contributed by atoms with Gasteiger partial charge in [0.05, 0.1) is 0 Å². The molecule has 0 radical (unpaired) electrons. The van der Waals surface area contributed by atoms with E-state index in [0.29, 0.717) is 0 Å². The topological polar surface area (TPSA) is 40.5 Å². The van der Waals surface area contributed by atoms with Gasteiger partial charge in [-0.3, -0.25) is 9.69 Å². The predicted octanol–water partition coefficient (Wildman–Crippen LogP) is 1.73. The molecule has 80 valence electrons. The van der Waals surface area contributed by atoms with E-state index in [2.05, 4.69) is 11.8 Å². The van der Waals surface area contributed by atoms with Gasteiger partial charge in [-0.25, -0.2) is 0 Å². The van der Waals surface area contributed by atoms with Crippen LogP contribution in [0.3, 0.4) is 0 Å². The molecule has 0 spiro atoms. The molecule has 3 nitrogen and oxygen atoms in total. The second kappa shape index (κ2) is 3.54. The van der Waals surface area contributed by atoms with Crippen LogP contribution in [0.2, 0.25) is 0 Å². The Kier molecular flexibility index (Phi) is 2.52. The molecule has 14 heavy (non-hydrogen) atoms. The lowest BCUT2D eigenvalue weighted by molar-refractivity contribution is -0.160. The quantitative estimate of drug-likeness (QED) is 0.733. The van der Waals surface area contributed by atoms with Crippen LogP contribution >= 0.6 is 0 Å². The van der Waals surface area contributed by atoms with Crippen molar-refractivity contribution in [3.63, 3.8) is 0 Å². The van der Waals surface area contributed by atoms with Gasteiger partial charge in [0.1, 0.15) is 5.54 Å². The lowest BCUT2D eigenvalue weighted by atomic mass is 9.74. The van der Waals surface area contributed by atoms with Crippen LogP contribution in [0.1, 0.15) is 39.0 Å². The number of carboxylic acid groups (broad SMARTS) is 1. The van der Waals surface area contributed by atoms with Gasteiger partial charge in [0.25, 0.3) is 0 Å². The Balaban J connectivity index is 2.02. The van der Waals surface area contributed by atoms with Gasteiger partial charge in [-0.1, -0.05) is 6.92 Å². The molecule has 0 bridgehead atoms. The van der Waals surface area contributed by atoms with Gasteiger partial charge in [0.2, 0.25) is 0 Å². The van der Waals surface area contributed by atoms with Gasteiger partial charge in [0.15, 0.2) is 0 Å². The normalized spacial score (nSPS) is 28.4. The Morgan fingerprint density at radius 2 is 1.93 bits per heavy atom. The predicted molar refractivity (Wildman–Crippen MR) is 54.2 cm³/mol. The monoisotopic (exact) mass is 197 g/mol. The Morgan fingerprint density at radius 1 is 1.36 bits per heavy atom. The van der Waals surface area contributed by atoms with Crippen LogP contribution in [-0.4, -0.2) is 34.6 Å². The summed E-state index contributed by atoms with van der Waals surface area (Å²) in [5.41, 5.74) is -0.472. The van der Waals surface area contributed by atoms with Crippen LogP contribution in [0, 0.1) is 5.92 Å². The molecule has 2 aliphatic rings. The van der Waals surface area contributed by atoms with E-state index < -0.39 is 11.5 Å². The van der Waals surface area contributed by atoms with Crippen molar-refractivity contribution in [2.24, 2.45) is 5.92 Å². The minimum atomic E-state index is -0.599. The summed E-state index contributed by atoms with van der Waals surface area (Å²) in [5.74, 6) is 0.176. The summed E-state index contributed by atoms with van der Waals surface area (Å²) >= 11 is 0. The van der Waals surface area contributed by atoms with Gasteiger partial charge in [-0.15, -0.1) is 0 Å². The Hall–Kier alpha value is -0.570. The average molecular weight is 197 g/mol. The maximum Gasteiger partial charge on any atom is 0.324 e. The molecule has 1 saturated carbocycles. The number of carboxylic acids is 1. The first-order valence-electron chi connectivity index (χ1n) is 5.63. The van der Waals surface area contributed by atoms with Crippen molar-refractivity contribution < 1.29 is 9.90 Å². The third kappa shape index (κ3) is 1.44. The molecule has 0 aromatic heterocycles. The van der Waals surface area contributed by atoms with Gasteiger partial charge in [0, 0.05) is 0 Å². The van der Waals surface area contributed by atoms with Crippen molar-refractivity contribution in [3.05, 3.63) is 0 Å². The number of rotatable bonds is 2. The first-order chi connectivity index (χ1) is 6.65. The molecule has 0 atom stereocenters. The number of piperidine rings is 1. The van der Waals surface area contributed by atoms with Crippen molar-refractivity contribution in [2.75, 3.05) is 13.1 Å². The van der Waals surface area contributed by atoms with Crippen LogP contribution in [0.15, 0.2) is 0 Å². The highest BCUT2D eigenvalue weighted by atomic mass is 16.4. The molecule has 0 aromatic rings. The Labute approximate surface area is 85.1 Å². The molecular formula is C11H19NO2. The highest BCUT2D eigenvalue weighted by molar-refractivity contribution is 5.80. The molecule has 1 aliphatic heterocycles. The standard InChI is InChI=1S/C11H19NO2/c1-9-3-7-12(8-4-9)11(10(13)14)5-2-6-11/h9H,2-8H2,1H3,(H,13,14). The number of nitrogens with zero attached hydrogens (tertiary/aromatic N) is 1. The summed E-state index contributed by atoms with van der Waals surface area (Å²) in [5, 5.41) is 9.26. The zero-order valence-electron chi connectivity index (χ0n) is 8.83. The molecule has 0 unspecified atom stereocenters. The SMILES string of the molecule is CC1CCN(C2(C(=O)O)CCC2)CC1. The van der Waals surface area contributed by atoms with E-state index >= 15 is 0 Å². The van der Waals surface area contributed by atoms with Gasteiger partial charge in [-0.05, 0) is 51.1 Å². The molecule has 0 aromatic carbocycles. The maximum absolute atomic E-state index is 11.2. The summed E-state index contributed by atoms with van der Waals surface area (Å²) in [7, 11) is 0. The Bertz CT molecular complexity index is 227. The van der Waals surface area contributed by atoms with Gasteiger partial charge in [-0.2, -0.15) is 0 Å². The number of likely N-dealkylation sites (tertiary alicyclic amines) is 1. The summed E-state index contributed by atoms with van der Waals surface area (Å²) in [6, 6.07) is 0. The van der Waals surface area contributed by atoms with Gasteiger partial charge < -0.3 is 5.11 Å². The third-order valence-electron chi connectivity index (χ3n) is 3.97. The highest BCUT2D eigenvalue weighted by Crippen LogP contribution is 2.39. The smallest absolute Gasteiger partial charge is 0.324 e. The van der Waals surface area contributed by atoms with E-state index in [1.165, 1.54) is 0 Å². The number of aliphatic carboxylic acids is 1. The van der Waals surface area contributed by atoms with Crippen molar-refractivity contribution >= 4 is 5.97 Å². The van der Waals surface area contributed by atoms with Crippen LogP contribution in [-0.2, 0) is 4.79 Å². The van der Waals surface area contributed by atoms with Crippen molar-refractivity contribution in [1.29, 1.82) is 0 Å². The number of hydrogen-bond donors (Lipinski definition) is 1. The molecule has 1 aliphatic carbocycles. The first kappa shape index (κ1) is 9.97. The van der Waals surface area contributed by atoms with Crippen molar-refractivity contribution in [1.82, 2.24) is 4.90 Å². The van der Waals surface area contributed by atoms with Crippen molar-refractivity contribution in [3.8, 4) is 0 Å². The Morgan fingerprint density at radius 3 is 2.29 bits per heavy atom. The molecular weight excluding hydrogens is 178 g/mol. The zero-order chi connectivity index (χ0) is 10.2. The highest BCUT2D eigenvalue weighted by Gasteiger charge is 2.49. The van der Waals surface area contributed by atoms with E-state index in [4.69, 9.17) is 0 Å². The third-order valence-corrected chi connectivity index (χ3v) is 3.97. The van der Waals surface area contributed by atoms with Gasteiger partial charge >= 0.3 is 5.97 Å². The van der Waals surface area contributed by atoms with Crippen LogP contribution in [0.5, 0.6) is 0 Å². The van der Waals surface area contributed by atoms with E-state index in [9.17, 15) is 9.90 Å². The summed E-state index contributed by atoms with van der Waals surface area (Å²) in [6.07, 6.45) is 5.12. The summed E-state index contributed by atoms with van der Waals surface area (Å²) < 4.78 is 0. The fraction of sp³-hybridized carbons (Fsp3) is 0.909. The molecule has 3 heteroatoms. The first-order valence-corrected chi connectivity index (χ1v) is 5.63. The molecule has 1 saturated heterocycles. The lowest BCUT2D eigenvalue weighted by Gasteiger charge is -2.49.